The fourth-order valence-electron chi connectivity index (χ4n) is 1.74. The van der Waals surface area contributed by atoms with E-state index in [0.717, 1.165) is 12.1 Å². The first-order chi connectivity index (χ1) is 10.1. The van der Waals surface area contributed by atoms with E-state index in [9.17, 15) is 0 Å². The van der Waals surface area contributed by atoms with Gasteiger partial charge in [-0.2, -0.15) is 15.0 Å². The fraction of sp³-hybridized carbons (Fsp3) is 0.400. The van der Waals surface area contributed by atoms with Crippen LogP contribution in [0, 0.1) is 0 Å². The number of nitrogens with zero attached hydrogens (tertiary/aromatic N) is 3. The SMILES string of the molecule is CCc1ccc(Nc2nc(NC)nc(OC(C)C)n2)cc1. The van der Waals surface area contributed by atoms with E-state index in [1.807, 2.05) is 26.0 Å². The van der Waals surface area contributed by atoms with Gasteiger partial charge in [-0.1, -0.05) is 19.1 Å². The van der Waals surface area contributed by atoms with E-state index in [-0.39, 0.29) is 6.10 Å². The van der Waals surface area contributed by atoms with E-state index < -0.39 is 0 Å². The summed E-state index contributed by atoms with van der Waals surface area (Å²) in [6.45, 7) is 5.99. The lowest BCUT2D eigenvalue weighted by atomic mass is 10.1. The summed E-state index contributed by atoms with van der Waals surface area (Å²) in [4.78, 5) is 12.7. The smallest absolute Gasteiger partial charge is 0.323 e. The molecule has 0 aliphatic heterocycles. The molecule has 0 saturated carbocycles. The number of aryl methyl sites for hydroxylation is 1. The van der Waals surface area contributed by atoms with Crippen molar-refractivity contribution < 1.29 is 4.74 Å². The molecule has 0 saturated heterocycles. The number of rotatable bonds is 6. The third-order valence-corrected chi connectivity index (χ3v) is 2.80. The van der Waals surface area contributed by atoms with Crippen molar-refractivity contribution >= 4 is 17.6 Å². The van der Waals surface area contributed by atoms with Crippen LogP contribution in [0.25, 0.3) is 0 Å². The summed E-state index contributed by atoms with van der Waals surface area (Å²) in [6.07, 6.45) is 1.02. The number of hydrogen-bond acceptors (Lipinski definition) is 6. The number of ether oxygens (including phenoxy) is 1. The second kappa shape index (κ2) is 6.88. The van der Waals surface area contributed by atoms with Crippen molar-refractivity contribution in [3.05, 3.63) is 29.8 Å². The Kier molecular flexibility index (Phi) is 4.92. The molecule has 0 fully saturated rings. The van der Waals surface area contributed by atoms with Crippen LogP contribution in [0.1, 0.15) is 26.3 Å². The lowest BCUT2D eigenvalue weighted by molar-refractivity contribution is 0.222. The molecule has 0 amide bonds. The number of hydrogen-bond donors (Lipinski definition) is 2. The molecule has 2 aromatic rings. The Morgan fingerprint density at radius 3 is 2.29 bits per heavy atom. The highest BCUT2D eigenvalue weighted by molar-refractivity contribution is 5.54. The lowest BCUT2D eigenvalue weighted by Gasteiger charge is -2.11. The maximum atomic E-state index is 5.53. The van der Waals surface area contributed by atoms with Crippen molar-refractivity contribution in [2.24, 2.45) is 0 Å². The second-order valence-corrected chi connectivity index (χ2v) is 4.86. The monoisotopic (exact) mass is 287 g/mol. The summed E-state index contributed by atoms with van der Waals surface area (Å²) in [7, 11) is 1.76. The van der Waals surface area contributed by atoms with Gasteiger partial charge in [0.2, 0.25) is 11.9 Å². The van der Waals surface area contributed by atoms with Gasteiger partial charge in [-0.15, -0.1) is 0 Å². The van der Waals surface area contributed by atoms with E-state index in [4.69, 9.17) is 4.74 Å². The van der Waals surface area contributed by atoms with Gasteiger partial charge < -0.3 is 15.4 Å². The van der Waals surface area contributed by atoms with Gasteiger partial charge >= 0.3 is 6.01 Å². The predicted octanol–water partition coefficient (Wildman–Crippen LogP) is 3.01. The Balaban J connectivity index is 2.20. The van der Waals surface area contributed by atoms with Gasteiger partial charge in [-0.25, -0.2) is 0 Å². The molecule has 1 aromatic heterocycles. The number of nitrogens with one attached hydrogen (secondary N) is 2. The predicted molar refractivity (Wildman–Crippen MR) is 84.2 cm³/mol. The summed E-state index contributed by atoms with van der Waals surface area (Å²) >= 11 is 0. The minimum atomic E-state index is 0.00814. The highest BCUT2D eigenvalue weighted by Crippen LogP contribution is 2.17. The Labute approximate surface area is 125 Å². The molecule has 112 valence electrons. The topological polar surface area (TPSA) is 72.0 Å². The van der Waals surface area contributed by atoms with Crippen LogP contribution in [-0.4, -0.2) is 28.1 Å². The molecular formula is C15H21N5O. The molecule has 0 radical (unpaired) electrons. The molecule has 0 bridgehead atoms. The Morgan fingerprint density at radius 2 is 1.71 bits per heavy atom. The zero-order valence-electron chi connectivity index (χ0n) is 12.8. The third kappa shape index (κ3) is 4.30. The molecule has 0 aliphatic carbocycles. The molecule has 2 N–H and O–H groups in total. The number of benzene rings is 1. The quantitative estimate of drug-likeness (QED) is 0.851. The summed E-state index contributed by atoms with van der Waals surface area (Å²) < 4.78 is 5.53. The number of anilines is 3. The molecule has 6 heteroatoms. The Bertz CT molecular complexity index is 583. The van der Waals surface area contributed by atoms with Crippen molar-refractivity contribution in [3.63, 3.8) is 0 Å². The zero-order valence-corrected chi connectivity index (χ0v) is 12.8. The van der Waals surface area contributed by atoms with Crippen molar-refractivity contribution in [2.75, 3.05) is 17.7 Å². The van der Waals surface area contributed by atoms with Crippen LogP contribution in [0.4, 0.5) is 17.6 Å². The van der Waals surface area contributed by atoms with Crippen molar-refractivity contribution in [1.82, 2.24) is 15.0 Å². The molecule has 1 heterocycles. The van der Waals surface area contributed by atoms with Crippen molar-refractivity contribution in [1.29, 1.82) is 0 Å². The van der Waals surface area contributed by atoms with Crippen LogP contribution in [0.2, 0.25) is 0 Å². The Morgan fingerprint density at radius 1 is 1.05 bits per heavy atom. The molecule has 0 atom stereocenters. The number of aromatic nitrogens is 3. The molecule has 1 aromatic carbocycles. The minimum absolute atomic E-state index is 0.00814. The van der Waals surface area contributed by atoms with Crippen molar-refractivity contribution in [3.8, 4) is 6.01 Å². The molecule has 0 spiro atoms. The van der Waals surface area contributed by atoms with E-state index in [2.05, 4.69) is 44.6 Å². The Hall–Kier alpha value is -2.37. The average Bonchev–Trinajstić information content (AvgIpc) is 2.47. The van der Waals surface area contributed by atoms with Gasteiger partial charge in [-0.3, -0.25) is 0 Å². The minimum Gasteiger partial charge on any atom is -0.461 e. The van der Waals surface area contributed by atoms with Crippen molar-refractivity contribution in [2.45, 2.75) is 33.3 Å². The first kappa shape index (κ1) is 15.0. The second-order valence-electron chi connectivity index (χ2n) is 4.86. The summed E-state index contributed by atoms with van der Waals surface area (Å²) in [5.74, 6) is 0.919. The molecule has 21 heavy (non-hydrogen) atoms. The fourth-order valence-corrected chi connectivity index (χ4v) is 1.74. The van der Waals surface area contributed by atoms with Crippen LogP contribution < -0.4 is 15.4 Å². The standard InChI is InChI=1S/C15H21N5O/c1-5-11-6-8-12(9-7-11)17-14-18-13(16-4)19-15(20-14)21-10(2)3/h6-10H,5H2,1-4H3,(H2,16,17,18,19,20). The van der Waals surface area contributed by atoms with Gasteiger partial charge in [0.25, 0.3) is 0 Å². The highest BCUT2D eigenvalue weighted by atomic mass is 16.5. The van der Waals surface area contributed by atoms with Gasteiger partial charge in [0.1, 0.15) is 0 Å². The van der Waals surface area contributed by atoms with Gasteiger partial charge in [0, 0.05) is 12.7 Å². The maximum absolute atomic E-state index is 5.53. The van der Waals surface area contributed by atoms with E-state index in [1.165, 1.54) is 5.56 Å². The van der Waals surface area contributed by atoms with E-state index in [0.29, 0.717) is 17.9 Å². The highest BCUT2D eigenvalue weighted by Gasteiger charge is 2.08. The van der Waals surface area contributed by atoms with Crippen LogP contribution in [0.15, 0.2) is 24.3 Å². The molecule has 2 rings (SSSR count). The van der Waals surface area contributed by atoms with Crippen LogP contribution in [0.5, 0.6) is 6.01 Å². The largest absolute Gasteiger partial charge is 0.461 e. The van der Waals surface area contributed by atoms with Gasteiger partial charge in [0.05, 0.1) is 6.10 Å². The van der Waals surface area contributed by atoms with Crippen LogP contribution >= 0.6 is 0 Å². The first-order valence-corrected chi connectivity index (χ1v) is 7.07. The van der Waals surface area contributed by atoms with Crippen LogP contribution in [-0.2, 0) is 6.42 Å². The van der Waals surface area contributed by atoms with Gasteiger partial charge in [0.15, 0.2) is 0 Å². The summed E-state index contributed by atoms with van der Waals surface area (Å²) in [5.41, 5.74) is 2.21. The van der Waals surface area contributed by atoms with E-state index >= 15 is 0 Å². The first-order valence-electron chi connectivity index (χ1n) is 7.07. The average molecular weight is 287 g/mol. The molecule has 6 nitrogen and oxygen atoms in total. The lowest BCUT2D eigenvalue weighted by Crippen LogP contribution is -2.11. The summed E-state index contributed by atoms with van der Waals surface area (Å²) in [6, 6.07) is 8.47. The van der Waals surface area contributed by atoms with Crippen LogP contribution in [0.3, 0.4) is 0 Å². The molecular weight excluding hydrogens is 266 g/mol. The van der Waals surface area contributed by atoms with E-state index in [1.54, 1.807) is 7.05 Å². The molecule has 0 unspecified atom stereocenters. The maximum Gasteiger partial charge on any atom is 0.323 e. The zero-order chi connectivity index (χ0) is 15.2. The third-order valence-electron chi connectivity index (χ3n) is 2.80. The normalized spacial score (nSPS) is 10.5. The van der Waals surface area contributed by atoms with Gasteiger partial charge in [-0.05, 0) is 38.0 Å². The summed E-state index contributed by atoms with van der Waals surface area (Å²) in [5, 5.41) is 6.06. The molecule has 0 aliphatic rings.